The van der Waals surface area contributed by atoms with Gasteiger partial charge in [-0.3, -0.25) is 4.79 Å². The molecule has 1 fully saturated rings. The highest BCUT2D eigenvalue weighted by Gasteiger charge is 2.44. The molecule has 0 aromatic heterocycles. The fourth-order valence-corrected chi connectivity index (χ4v) is 3.80. The minimum absolute atomic E-state index is 0.267. The molecule has 0 aromatic rings. The van der Waals surface area contributed by atoms with Crippen molar-refractivity contribution in [2.24, 2.45) is 0 Å². The average Bonchev–Trinajstić information content (AvgIpc) is 2.88. The van der Waals surface area contributed by atoms with Crippen LogP contribution >= 0.6 is 0 Å². The molecule has 1 aliphatic heterocycles. The highest BCUT2D eigenvalue weighted by Crippen LogP contribution is 2.22. The van der Waals surface area contributed by atoms with Gasteiger partial charge in [-0.25, -0.2) is 0 Å². The van der Waals surface area contributed by atoms with Crippen molar-refractivity contribution in [2.75, 3.05) is 19.8 Å². The second-order valence-corrected chi connectivity index (χ2v) is 9.35. The summed E-state index contributed by atoms with van der Waals surface area (Å²) in [5.74, 6) is -0.396. The molecule has 1 heterocycles. The molecule has 36 heavy (non-hydrogen) atoms. The summed E-state index contributed by atoms with van der Waals surface area (Å²) in [5, 5.41) is 48.5. The largest absolute Gasteiger partial charge is 0.463 e. The molecule has 1 aliphatic rings. The van der Waals surface area contributed by atoms with E-state index < -0.39 is 49.4 Å². The summed E-state index contributed by atoms with van der Waals surface area (Å²) < 4.78 is 15.5. The molecule has 1 saturated heterocycles. The Morgan fingerprint density at radius 1 is 0.861 bits per heavy atom. The molecule has 0 spiro atoms. The zero-order valence-corrected chi connectivity index (χ0v) is 21.7. The van der Waals surface area contributed by atoms with Crippen LogP contribution in [0.3, 0.4) is 0 Å². The zero-order chi connectivity index (χ0) is 26.6. The molecule has 0 saturated carbocycles. The predicted octanol–water partition coefficient (Wildman–Crippen LogP) is 2.52. The number of aliphatic hydroxyl groups excluding tert-OH is 5. The van der Waals surface area contributed by atoms with Crippen molar-refractivity contribution in [3.63, 3.8) is 0 Å². The van der Waals surface area contributed by atoms with Crippen LogP contribution in [0.1, 0.15) is 84.0 Å². The van der Waals surface area contributed by atoms with Crippen molar-refractivity contribution in [3.05, 3.63) is 24.3 Å². The second kappa shape index (κ2) is 20.7. The fourth-order valence-electron chi connectivity index (χ4n) is 3.80. The smallest absolute Gasteiger partial charge is 0.305 e. The number of ether oxygens (including phenoxy) is 3. The van der Waals surface area contributed by atoms with Gasteiger partial charge in [0.05, 0.1) is 13.2 Å². The Morgan fingerprint density at radius 2 is 1.50 bits per heavy atom. The van der Waals surface area contributed by atoms with Gasteiger partial charge in [-0.2, -0.15) is 0 Å². The Bertz CT molecular complexity index is 608. The van der Waals surface area contributed by atoms with Crippen LogP contribution < -0.4 is 0 Å². The molecule has 0 aliphatic carbocycles. The average molecular weight is 517 g/mol. The summed E-state index contributed by atoms with van der Waals surface area (Å²) in [6.45, 7) is 1.06. The van der Waals surface area contributed by atoms with Crippen LogP contribution in [-0.4, -0.2) is 88.1 Å². The van der Waals surface area contributed by atoms with Crippen molar-refractivity contribution in [1.82, 2.24) is 0 Å². The van der Waals surface area contributed by atoms with Gasteiger partial charge in [0.1, 0.15) is 37.1 Å². The molecule has 0 unspecified atom stereocenters. The van der Waals surface area contributed by atoms with Gasteiger partial charge < -0.3 is 39.7 Å². The van der Waals surface area contributed by atoms with E-state index in [1.165, 1.54) is 25.7 Å². The van der Waals surface area contributed by atoms with Gasteiger partial charge in [0.2, 0.25) is 0 Å². The van der Waals surface area contributed by atoms with Crippen LogP contribution in [0.4, 0.5) is 0 Å². The lowest BCUT2D eigenvalue weighted by Crippen LogP contribution is -2.59. The van der Waals surface area contributed by atoms with Crippen molar-refractivity contribution in [1.29, 1.82) is 0 Å². The highest BCUT2D eigenvalue weighted by atomic mass is 16.7. The number of rotatable bonds is 20. The van der Waals surface area contributed by atoms with E-state index in [2.05, 4.69) is 31.2 Å². The number of allylic oxidation sites excluding steroid dienone is 4. The molecule has 1 rings (SSSR count). The third-order valence-electron chi connectivity index (χ3n) is 6.07. The van der Waals surface area contributed by atoms with Gasteiger partial charge in [-0.15, -0.1) is 0 Å². The summed E-state index contributed by atoms with van der Waals surface area (Å²) >= 11 is 0. The van der Waals surface area contributed by atoms with Crippen molar-refractivity contribution in [3.8, 4) is 0 Å². The number of carbonyl (C=O) groups excluding carboxylic acids is 1. The van der Waals surface area contributed by atoms with Crippen molar-refractivity contribution >= 4 is 5.97 Å². The minimum Gasteiger partial charge on any atom is -0.463 e. The van der Waals surface area contributed by atoms with E-state index in [1.54, 1.807) is 0 Å². The Balaban J connectivity index is 2.00. The first kappa shape index (κ1) is 32.7. The van der Waals surface area contributed by atoms with E-state index in [0.29, 0.717) is 0 Å². The van der Waals surface area contributed by atoms with E-state index in [9.17, 15) is 25.2 Å². The molecule has 0 amide bonds. The number of hydrogen-bond donors (Lipinski definition) is 5. The van der Waals surface area contributed by atoms with E-state index >= 15 is 0 Å². The maximum absolute atomic E-state index is 11.9. The topological polar surface area (TPSA) is 146 Å². The first-order valence-electron chi connectivity index (χ1n) is 13.5. The van der Waals surface area contributed by atoms with Gasteiger partial charge in [0, 0.05) is 6.42 Å². The maximum Gasteiger partial charge on any atom is 0.305 e. The lowest BCUT2D eigenvalue weighted by Gasteiger charge is -2.39. The van der Waals surface area contributed by atoms with E-state index in [4.69, 9.17) is 19.3 Å². The third-order valence-corrected chi connectivity index (χ3v) is 6.07. The van der Waals surface area contributed by atoms with Crippen LogP contribution in [0.25, 0.3) is 0 Å². The summed E-state index contributed by atoms with van der Waals surface area (Å²) in [5.41, 5.74) is 0. The molecular formula is C27H48O9. The predicted molar refractivity (Wildman–Crippen MR) is 136 cm³/mol. The number of aliphatic hydroxyl groups is 5. The molecule has 0 aromatic carbocycles. The van der Waals surface area contributed by atoms with Gasteiger partial charge >= 0.3 is 5.97 Å². The monoisotopic (exact) mass is 516 g/mol. The van der Waals surface area contributed by atoms with Gasteiger partial charge in [-0.1, -0.05) is 63.3 Å². The Morgan fingerprint density at radius 3 is 2.17 bits per heavy atom. The molecule has 9 heteroatoms. The molecule has 9 nitrogen and oxygen atoms in total. The summed E-state index contributed by atoms with van der Waals surface area (Å²) in [6, 6.07) is 0. The lowest BCUT2D eigenvalue weighted by atomic mass is 9.99. The van der Waals surface area contributed by atoms with Crippen LogP contribution in [0.5, 0.6) is 0 Å². The lowest BCUT2D eigenvalue weighted by molar-refractivity contribution is -0.305. The fraction of sp³-hybridized carbons (Fsp3) is 0.815. The molecule has 5 N–H and O–H groups in total. The summed E-state index contributed by atoms with van der Waals surface area (Å²) in [6.07, 6.45) is 13.2. The quantitative estimate of drug-likeness (QED) is 0.0936. The SMILES string of the molecule is CCCCC/C=C\C/C=C\CCCCCCCC(=O)OC[C@H](O)CO[C@@H]1O[C@H](CO)[C@H](O)[C@H](O)[C@H]1O. The number of hydrogen-bond acceptors (Lipinski definition) is 9. The number of unbranched alkanes of at least 4 members (excludes halogenated alkanes) is 8. The van der Waals surface area contributed by atoms with Crippen LogP contribution in [-0.2, 0) is 19.0 Å². The third kappa shape index (κ3) is 14.4. The Labute approximate surface area is 215 Å². The van der Waals surface area contributed by atoms with Crippen LogP contribution in [0.2, 0.25) is 0 Å². The first-order valence-corrected chi connectivity index (χ1v) is 13.5. The number of carbonyl (C=O) groups is 1. The number of esters is 1. The van der Waals surface area contributed by atoms with Crippen LogP contribution in [0.15, 0.2) is 24.3 Å². The standard InChI is InChI=1S/C27H48O9/c1-2-3-4-5-6-7-8-9-10-11-12-13-14-15-16-17-23(30)34-19-21(29)20-35-27-26(33)25(32)24(31)22(18-28)36-27/h6-7,9-10,21-22,24-29,31-33H,2-5,8,11-20H2,1H3/b7-6-,10-9-/t21-,22+,24-,25-,26+,27+/m0/s1. The molecule has 6 atom stereocenters. The Kier molecular flexibility index (Phi) is 18.8. The molecular weight excluding hydrogens is 468 g/mol. The van der Waals surface area contributed by atoms with E-state index in [1.807, 2.05) is 0 Å². The first-order chi connectivity index (χ1) is 17.4. The van der Waals surface area contributed by atoms with Crippen LogP contribution in [0, 0.1) is 0 Å². The van der Waals surface area contributed by atoms with E-state index in [-0.39, 0.29) is 19.6 Å². The zero-order valence-electron chi connectivity index (χ0n) is 21.7. The van der Waals surface area contributed by atoms with Crippen molar-refractivity contribution < 1.29 is 44.5 Å². The van der Waals surface area contributed by atoms with Gasteiger partial charge in [0.15, 0.2) is 6.29 Å². The second-order valence-electron chi connectivity index (χ2n) is 9.35. The molecule has 0 radical (unpaired) electrons. The Hall–Kier alpha value is -1.33. The molecule has 0 bridgehead atoms. The highest BCUT2D eigenvalue weighted by molar-refractivity contribution is 5.69. The van der Waals surface area contributed by atoms with Gasteiger partial charge in [-0.05, 0) is 38.5 Å². The normalized spacial score (nSPS) is 25.6. The van der Waals surface area contributed by atoms with Crippen molar-refractivity contribution in [2.45, 2.75) is 121 Å². The summed E-state index contributed by atoms with van der Waals surface area (Å²) in [4.78, 5) is 11.9. The summed E-state index contributed by atoms with van der Waals surface area (Å²) in [7, 11) is 0. The maximum atomic E-state index is 11.9. The minimum atomic E-state index is -1.56. The molecule has 210 valence electrons. The van der Waals surface area contributed by atoms with E-state index in [0.717, 1.165) is 44.9 Å². The van der Waals surface area contributed by atoms with Gasteiger partial charge in [0.25, 0.3) is 0 Å².